The first-order valence-corrected chi connectivity index (χ1v) is 4.18. The molecular weight excluding hydrogens is 222 g/mol. The Kier molecular flexibility index (Phi) is 6.36. The molecule has 0 aliphatic carbocycles. The van der Waals surface area contributed by atoms with Crippen molar-refractivity contribution in [3.05, 3.63) is 0 Å². The van der Waals surface area contributed by atoms with E-state index >= 15 is 0 Å². The fourth-order valence-electron chi connectivity index (χ4n) is 2.28. The minimum atomic E-state index is -1.35. The van der Waals surface area contributed by atoms with Crippen molar-refractivity contribution in [2.24, 2.45) is 11.8 Å². The molecule has 0 aromatic heterocycles. The third-order valence-corrected chi connectivity index (χ3v) is 2.82. The van der Waals surface area contributed by atoms with Crippen LogP contribution in [-0.2, 0) is 14.3 Å². The molecule has 0 N–H and O–H groups in total. The second-order valence-electron chi connectivity index (χ2n) is 3.48. The van der Waals surface area contributed by atoms with Crippen LogP contribution < -0.4 is 69.3 Å². The van der Waals surface area contributed by atoms with Crippen LogP contribution in [0, 0.1) is 11.8 Å². The largest absolute Gasteiger partial charge is 1.00 e. The van der Waals surface area contributed by atoms with Gasteiger partial charge in [-0.3, -0.25) is 0 Å². The zero-order chi connectivity index (χ0) is 9.59. The van der Waals surface area contributed by atoms with Gasteiger partial charge in [-0.15, -0.1) is 0 Å². The zero-order valence-electron chi connectivity index (χ0n) is 8.76. The smallest absolute Gasteiger partial charge is 0.550 e. The predicted octanol–water partition coefficient (Wildman–Crippen LogP) is -8.71. The fraction of sp³-hybridized carbons (Fsp3) is 0.750. The van der Waals surface area contributed by atoms with Crippen molar-refractivity contribution in [2.45, 2.75) is 25.0 Å². The van der Waals surface area contributed by atoms with E-state index in [4.69, 9.17) is 4.74 Å². The molecule has 4 atom stereocenters. The summed E-state index contributed by atoms with van der Waals surface area (Å²) in [5, 5.41) is 21.2. The van der Waals surface area contributed by atoms with Crippen LogP contribution in [0.4, 0.5) is 0 Å². The maximum atomic E-state index is 10.6. The molecule has 2 saturated heterocycles. The Labute approximate surface area is 131 Å². The summed E-state index contributed by atoms with van der Waals surface area (Å²) >= 11 is 0. The molecule has 2 heterocycles. The van der Waals surface area contributed by atoms with Gasteiger partial charge in [0, 0.05) is 23.8 Å². The molecule has 2 fully saturated rings. The van der Waals surface area contributed by atoms with Crippen molar-refractivity contribution in [1.82, 2.24) is 0 Å². The van der Waals surface area contributed by atoms with Crippen LogP contribution in [0.15, 0.2) is 0 Å². The van der Waals surface area contributed by atoms with Gasteiger partial charge in [-0.05, 0) is 12.8 Å². The quantitative estimate of drug-likeness (QED) is 0.439. The summed E-state index contributed by atoms with van der Waals surface area (Å²) in [6, 6.07) is 0. The minimum absolute atomic E-state index is 0. The Morgan fingerprint density at radius 1 is 0.933 bits per heavy atom. The predicted molar refractivity (Wildman–Crippen MR) is 34.9 cm³/mol. The van der Waals surface area contributed by atoms with Gasteiger partial charge in [0.25, 0.3) is 0 Å². The number of carboxylic acids is 2. The molecule has 0 amide bonds. The average molecular weight is 230 g/mol. The van der Waals surface area contributed by atoms with E-state index in [2.05, 4.69) is 0 Å². The number of fused-ring (bicyclic) bond motifs is 2. The number of carboxylic acid groups (broad SMARTS) is 2. The van der Waals surface area contributed by atoms with Gasteiger partial charge in [0.2, 0.25) is 0 Å². The molecule has 0 spiro atoms. The molecule has 2 bridgehead atoms. The first-order chi connectivity index (χ1) is 6.11. The van der Waals surface area contributed by atoms with Crippen molar-refractivity contribution >= 4 is 11.9 Å². The molecule has 2 rings (SSSR count). The van der Waals surface area contributed by atoms with Crippen LogP contribution in [0.1, 0.15) is 12.8 Å². The molecule has 0 saturated carbocycles. The van der Waals surface area contributed by atoms with Crippen molar-refractivity contribution in [3.8, 4) is 0 Å². The molecule has 0 radical (unpaired) electrons. The third-order valence-electron chi connectivity index (χ3n) is 2.82. The summed E-state index contributed by atoms with van der Waals surface area (Å²) in [5.41, 5.74) is 0. The third kappa shape index (κ3) is 2.77. The Bertz CT molecular complexity index is 244. The van der Waals surface area contributed by atoms with E-state index in [-0.39, 0.29) is 59.1 Å². The topological polar surface area (TPSA) is 89.5 Å². The van der Waals surface area contributed by atoms with Gasteiger partial charge >= 0.3 is 59.1 Å². The summed E-state index contributed by atoms with van der Waals surface area (Å²) in [6.45, 7) is 0. The van der Waals surface area contributed by atoms with E-state index in [0.29, 0.717) is 12.8 Å². The van der Waals surface area contributed by atoms with Gasteiger partial charge in [-0.25, -0.2) is 0 Å². The van der Waals surface area contributed by atoms with Crippen LogP contribution in [0.25, 0.3) is 0 Å². The zero-order valence-corrected chi connectivity index (χ0v) is 12.8. The Balaban J connectivity index is 0.000000980. The fourth-order valence-corrected chi connectivity index (χ4v) is 2.28. The molecule has 0 aromatic rings. The number of rotatable bonds is 2. The van der Waals surface area contributed by atoms with Gasteiger partial charge in [-0.2, -0.15) is 0 Å². The van der Waals surface area contributed by atoms with E-state index in [9.17, 15) is 19.8 Å². The molecule has 5 nitrogen and oxygen atoms in total. The van der Waals surface area contributed by atoms with Crippen LogP contribution >= 0.6 is 0 Å². The summed E-state index contributed by atoms with van der Waals surface area (Å²) in [4.78, 5) is 21.2. The van der Waals surface area contributed by atoms with Crippen molar-refractivity contribution in [3.63, 3.8) is 0 Å². The number of ether oxygens (including phenoxy) is 1. The average Bonchev–Trinajstić information content (AvgIpc) is 2.60. The van der Waals surface area contributed by atoms with Crippen LogP contribution in [-0.4, -0.2) is 24.1 Å². The first kappa shape index (κ1) is 15.9. The molecular formula is C8H8Na2O5. The van der Waals surface area contributed by atoms with E-state index < -0.39 is 36.0 Å². The van der Waals surface area contributed by atoms with E-state index in [1.165, 1.54) is 0 Å². The molecule has 4 unspecified atom stereocenters. The number of hydrogen-bond donors (Lipinski definition) is 0. The Morgan fingerprint density at radius 3 is 1.53 bits per heavy atom. The molecule has 0 aromatic carbocycles. The molecule has 2 aliphatic heterocycles. The van der Waals surface area contributed by atoms with Gasteiger partial charge < -0.3 is 24.5 Å². The Hall–Kier alpha value is 0.900. The molecule has 72 valence electrons. The summed E-state index contributed by atoms with van der Waals surface area (Å²) in [6.07, 6.45) is 0.232. The number of carbonyl (C=O) groups is 2. The van der Waals surface area contributed by atoms with Gasteiger partial charge in [-0.1, -0.05) is 0 Å². The van der Waals surface area contributed by atoms with Crippen molar-refractivity contribution < 1.29 is 83.7 Å². The number of carbonyl (C=O) groups excluding carboxylic acids is 2. The monoisotopic (exact) mass is 230 g/mol. The van der Waals surface area contributed by atoms with Gasteiger partial charge in [0.15, 0.2) is 0 Å². The first-order valence-electron chi connectivity index (χ1n) is 4.18. The summed E-state index contributed by atoms with van der Waals surface area (Å²) in [7, 11) is 0. The van der Waals surface area contributed by atoms with Crippen molar-refractivity contribution in [2.75, 3.05) is 0 Å². The number of hydrogen-bond acceptors (Lipinski definition) is 5. The summed E-state index contributed by atoms with van der Waals surface area (Å²) in [5.74, 6) is -4.74. The van der Waals surface area contributed by atoms with Crippen LogP contribution in [0.5, 0.6) is 0 Å². The molecule has 2 aliphatic rings. The molecule has 15 heavy (non-hydrogen) atoms. The second-order valence-corrected chi connectivity index (χ2v) is 3.48. The standard InChI is InChI=1S/C8H10O5.2Na/c9-7(10)5-3-1-2-4(13-3)6(5)8(11)12;;/h3-6H,1-2H2,(H,9,10)(H,11,12);;/q;2*+1/p-2. The normalized spacial score (nSPS) is 36.5. The van der Waals surface area contributed by atoms with E-state index in [1.807, 2.05) is 0 Å². The van der Waals surface area contributed by atoms with Crippen molar-refractivity contribution in [1.29, 1.82) is 0 Å². The Morgan fingerprint density at radius 2 is 1.27 bits per heavy atom. The van der Waals surface area contributed by atoms with Crippen LogP contribution in [0.2, 0.25) is 0 Å². The SMILES string of the molecule is O=C([O-])C1C2CCC(O2)C1C(=O)[O-].[Na+].[Na+]. The molecule has 7 heteroatoms. The van der Waals surface area contributed by atoms with Crippen LogP contribution in [0.3, 0.4) is 0 Å². The van der Waals surface area contributed by atoms with Gasteiger partial charge in [0.05, 0.1) is 12.2 Å². The van der Waals surface area contributed by atoms with E-state index in [1.54, 1.807) is 0 Å². The minimum Gasteiger partial charge on any atom is -0.550 e. The summed E-state index contributed by atoms with van der Waals surface area (Å²) < 4.78 is 5.18. The van der Waals surface area contributed by atoms with E-state index in [0.717, 1.165) is 0 Å². The maximum Gasteiger partial charge on any atom is 1.00 e. The second kappa shape index (κ2) is 6.00. The number of aliphatic carboxylic acids is 2. The maximum absolute atomic E-state index is 10.6. The van der Waals surface area contributed by atoms with Gasteiger partial charge in [0.1, 0.15) is 0 Å².